The maximum atomic E-state index is 12.9. The van der Waals surface area contributed by atoms with E-state index in [4.69, 9.17) is 4.74 Å². The van der Waals surface area contributed by atoms with Gasteiger partial charge in [0.1, 0.15) is 0 Å². The van der Waals surface area contributed by atoms with Crippen LogP contribution in [0, 0.1) is 12.8 Å². The highest BCUT2D eigenvalue weighted by Crippen LogP contribution is 2.25. The van der Waals surface area contributed by atoms with Crippen molar-refractivity contribution in [1.82, 2.24) is 5.32 Å². The molecule has 2 aliphatic rings. The predicted molar refractivity (Wildman–Crippen MR) is 122 cm³/mol. The first-order valence-corrected chi connectivity index (χ1v) is 11.2. The van der Waals surface area contributed by atoms with Crippen LogP contribution in [0.5, 0.6) is 0 Å². The number of para-hydroxylation sites is 1. The lowest BCUT2D eigenvalue weighted by molar-refractivity contribution is -0.120. The van der Waals surface area contributed by atoms with Gasteiger partial charge in [0.2, 0.25) is 5.91 Å². The molecule has 0 aliphatic carbocycles. The summed E-state index contributed by atoms with van der Waals surface area (Å²) in [4.78, 5) is 27.9. The van der Waals surface area contributed by atoms with E-state index in [2.05, 4.69) is 46.7 Å². The van der Waals surface area contributed by atoms with Crippen LogP contribution in [-0.4, -0.2) is 44.2 Å². The van der Waals surface area contributed by atoms with Gasteiger partial charge in [0, 0.05) is 37.8 Å². The van der Waals surface area contributed by atoms with Gasteiger partial charge in [-0.1, -0.05) is 29.8 Å². The van der Waals surface area contributed by atoms with E-state index >= 15 is 0 Å². The Kier molecular flexibility index (Phi) is 6.87. The summed E-state index contributed by atoms with van der Waals surface area (Å²) in [6, 6.07) is 15.7. The lowest BCUT2D eigenvalue weighted by Gasteiger charge is -2.33. The van der Waals surface area contributed by atoms with Gasteiger partial charge in [-0.25, -0.2) is 0 Å². The van der Waals surface area contributed by atoms with Crippen LogP contribution in [-0.2, 0) is 9.53 Å². The molecule has 2 aromatic rings. The van der Waals surface area contributed by atoms with E-state index in [9.17, 15) is 9.59 Å². The number of piperidine rings is 1. The molecule has 2 aliphatic heterocycles. The molecular weight excluding hydrogens is 390 g/mol. The van der Waals surface area contributed by atoms with Gasteiger partial charge in [-0.05, 0) is 56.9 Å². The third-order valence-corrected chi connectivity index (χ3v) is 6.21. The summed E-state index contributed by atoms with van der Waals surface area (Å²) < 4.78 is 5.57. The minimum Gasteiger partial charge on any atom is -0.376 e. The average Bonchev–Trinajstić information content (AvgIpc) is 3.32. The van der Waals surface area contributed by atoms with E-state index in [1.54, 1.807) is 12.1 Å². The first-order chi connectivity index (χ1) is 15.1. The second-order valence-electron chi connectivity index (χ2n) is 8.48. The van der Waals surface area contributed by atoms with Gasteiger partial charge < -0.3 is 20.3 Å². The maximum Gasteiger partial charge on any atom is 0.253 e. The summed E-state index contributed by atoms with van der Waals surface area (Å²) in [7, 11) is 0. The molecule has 0 aromatic heterocycles. The molecule has 0 unspecified atom stereocenters. The monoisotopic (exact) mass is 421 g/mol. The van der Waals surface area contributed by atoms with Crippen LogP contribution in [0.3, 0.4) is 0 Å². The highest BCUT2D eigenvalue weighted by atomic mass is 16.5. The highest BCUT2D eigenvalue weighted by molar-refractivity contribution is 6.04. The number of carbonyl (C=O) groups excluding carboxylic acids is 2. The fraction of sp³-hybridized carbons (Fsp3) is 0.440. The fourth-order valence-electron chi connectivity index (χ4n) is 4.29. The Morgan fingerprint density at radius 2 is 1.77 bits per heavy atom. The first kappa shape index (κ1) is 21.4. The summed E-state index contributed by atoms with van der Waals surface area (Å²) in [6.07, 6.45) is 3.69. The lowest BCUT2D eigenvalue weighted by Crippen LogP contribution is -2.38. The Hall–Kier alpha value is -2.86. The van der Waals surface area contributed by atoms with Crippen LogP contribution >= 0.6 is 0 Å². The van der Waals surface area contributed by atoms with Gasteiger partial charge in [-0.15, -0.1) is 0 Å². The first-order valence-electron chi connectivity index (χ1n) is 11.2. The summed E-state index contributed by atoms with van der Waals surface area (Å²) >= 11 is 0. The Morgan fingerprint density at radius 3 is 2.48 bits per heavy atom. The van der Waals surface area contributed by atoms with Gasteiger partial charge in [-0.3, -0.25) is 9.59 Å². The number of carbonyl (C=O) groups is 2. The molecule has 2 saturated heterocycles. The number of hydrogen-bond donors (Lipinski definition) is 2. The molecule has 164 valence electrons. The van der Waals surface area contributed by atoms with Crippen LogP contribution in [0.25, 0.3) is 0 Å². The number of rotatable bonds is 6. The molecule has 0 saturated carbocycles. The topological polar surface area (TPSA) is 70.7 Å². The van der Waals surface area contributed by atoms with Crippen molar-refractivity contribution in [3.8, 4) is 0 Å². The van der Waals surface area contributed by atoms with Crippen molar-refractivity contribution in [2.24, 2.45) is 5.92 Å². The zero-order chi connectivity index (χ0) is 21.6. The molecule has 1 atom stereocenters. The quantitative estimate of drug-likeness (QED) is 0.745. The van der Waals surface area contributed by atoms with Crippen LogP contribution < -0.4 is 15.5 Å². The van der Waals surface area contributed by atoms with Gasteiger partial charge in [0.15, 0.2) is 0 Å². The number of anilines is 2. The Balaban J connectivity index is 1.32. The summed E-state index contributed by atoms with van der Waals surface area (Å²) in [6.45, 7) is 5.05. The molecule has 0 radical (unpaired) electrons. The second-order valence-corrected chi connectivity index (χ2v) is 8.48. The fourth-order valence-corrected chi connectivity index (χ4v) is 4.29. The molecule has 31 heavy (non-hydrogen) atoms. The number of nitrogens with zero attached hydrogens (tertiary/aromatic N) is 1. The summed E-state index contributed by atoms with van der Waals surface area (Å²) in [5, 5.41) is 5.94. The molecule has 6 heteroatoms. The average molecular weight is 422 g/mol. The molecule has 6 nitrogen and oxygen atoms in total. The number of nitrogens with one attached hydrogen (secondary N) is 2. The molecule has 2 amide bonds. The van der Waals surface area contributed by atoms with Crippen molar-refractivity contribution in [3.63, 3.8) is 0 Å². The second kappa shape index (κ2) is 9.96. The predicted octanol–water partition coefficient (Wildman–Crippen LogP) is 3.76. The van der Waals surface area contributed by atoms with Crippen molar-refractivity contribution >= 4 is 23.2 Å². The number of ether oxygens (including phenoxy) is 1. The normalized spacial score (nSPS) is 19.3. The standard InChI is InChI=1S/C25H31N3O3/c1-18-8-10-20(11-9-18)28-14-12-19(13-15-28)24(29)27-23-7-3-2-6-22(23)25(30)26-17-21-5-4-16-31-21/h2-3,6-11,19,21H,4-5,12-17H2,1H3,(H,26,30)(H,27,29)/t21-/m0/s1. The van der Waals surface area contributed by atoms with Crippen molar-refractivity contribution in [3.05, 3.63) is 59.7 Å². The molecule has 2 aromatic carbocycles. The molecule has 2 N–H and O–H groups in total. The Morgan fingerprint density at radius 1 is 1.03 bits per heavy atom. The zero-order valence-electron chi connectivity index (χ0n) is 18.1. The number of aryl methyl sites for hydroxylation is 1. The van der Waals surface area contributed by atoms with Gasteiger partial charge in [0.25, 0.3) is 5.91 Å². The third kappa shape index (κ3) is 5.44. The molecular formula is C25H31N3O3. The van der Waals surface area contributed by atoms with Crippen LogP contribution in [0.2, 0.25) is 0 Å². The molecule has 4 rings (SSSR count). The molecule has 0 spiro atoms. The lowest BCUT2D eigenvalue weighted by atomic mass is 9.95. The Labute approximate surface area is 184 Å². The van der Waals surface area contributed by atoms with Crippen LogP contribution in [0.1, 0.15) is 41.6 Å². The maximum absolute atomic E-state index is 12.9. The van der Waals surface area contributed by atoms with Gasteiger partial charge >= 0.3 is 0 Å². The largest absolute Gasteiger partial charge is 0.376 e. The van der Waals surface area contributed by atoms with Crippen molar-refractivity contribution in [2.45, 2.75) is 38.7 Å². The van der Waals surface area contributed by atoms with Crippen molar-refractivity contribution in [2.75, 3.05) is 36.5 Å². The summed E-state index contributed by atoms with van der Waals surface area (Å²) in [5.41, 5.74) is 3.51. The molecule has 2 fully saturated rings. The van der Waals surface area contributed by atoms with Gasteiger partial charge in [0.05, 0.1) is 17.4 Å². The van der Waals surface area contributed by atoms with Crippen LogP contribution in [0.15, 0.2) is 48.5 Å². The molecule has 0 bridgehead atoms. The minimum atomic E-state index is -0.180. The van der Waals surface area contributed by atoms with E-state index in [0.29, 0.717) is 17.8 Å². The minimum absolute atomic E-state index is 0.0112. The van der Waals surface area contributed by atoms with E-state index in [-0.39, 0.29) is 23.8 Å². The number of hydrogen-bond acceptors (Lipinski definition) is 4. The number of benzene rings is 2. The zero-order valence-corrected chi connectivity index (χ0v) is 18.1. The van der Waals surface area contributed by atoms with E-state index < -0.39 is 0 Å². The van der Waals surface area contributed by atoms with E-state index in [0.717, 1.165) is 45.4 Å². The van der Waals surface area contributed by atoms with Crippen LogP contribution in [0.4, 0.5) is 11.4 Å². The highest BCUT2D eigenvalue weighted by Gasteiger charge is 2.26. The van der Waals surface area contributed by atoms with E-state index in [1.807, 2.05) is 12.1 Å². The third-order valence-electron chi connectivity index (χ3n) is 6.21. The SMILES string of the molecule is Cc1ccc(N2CCC(C(=O)Nc3ccccc3C(=O)NC[C@@H]3CCCO3)CC2)cc1. The van der Waals surface area contributed by atoms with E-state index in [1.165, 1.54) is 11.3 Å². The smallest absolute Gasteiger partial charge is 0.253 e. The summed E-state index contributed by atoms with van der Waals surface area (Å²) in [5.74, 6) is -0.242. The van der Waals surface area contributed by atoms with Crippen molar-refractivity contribution < 1.29 is 14.3 Å². The van der Waals surface area contributed by atoms with Gasteiger partial charge in [-0.2, -0.15) is 0 Å². The molecule has 2 heterocycles. The Bertz CT molecular complexity index is 898. The van der Waals surface area contributed by atoms with Crippen molar-refractivity contribution in [1.29, 1.82) is 0 Å². The number of amides is 2.